The van der Waals surface area contributed by atoms with Crippen LogP contribution in [-0.4, -0.2) is 77.9 Å². The van der Waals surface area contributed by atoms with Gasteiger partial charge in [0.1, 0.15) is 0 Å². The highest BCUT2D eigenvalue weighted by Gasteiger charge is 2.80. The summed E-state index contributed by atoms with van der Waals surface area (Å²) in [5.41, 5.74) is 0.0903. The fourth-order valence-corrected chi connectivity index (χ4v) is 13.1. The Bertz CT molecular complexity index is 1200. The Morgan fingerprint density at radius 2 is 1.76 bits per heavy atom. The lowest BCUT2D eigenvalue weighted by molar-refractivity contribution is -0.244. The maximum atomic E-state index is 12.6. The zero-order valence-electron chi connectivity index (χ0n) is 29.6. The third-order valence-corrected chi connectivity index (χ3v) is 15.1. The molecule has 7 aliphatic rings. The Morgan fingerprint density at radius 3 is 2.48 bits per heavy atom. The zero-order chi connectivity index (χ0) is 32.9. The summed E-state index contributed by atoms with van der Waals surface area (Å²) in [7, 11) is 0. The van der Waals surface area contributed by atoms with E-state index in [-0.39, 0.29) is 41.9 Å². The van der Waals surface area contributed by atoms with Crippen molar-refractivity contribution >= 4 is 11.9 Å². The van der Waals surface area contributed by atoms with E-state index in [0.717, 1.165) is 38.0 Å². The predicted octanol–water partition coefficient (Wildman–Crippen LogP) is 6.27. The molecule has 0 aromatic heterocycles. The number of carbonyl (C=O) groups is 2. The van der Waals surface area contributed by atoms with Gasteiger partial charge in [-0.05, 0) is 130 Å². The van der Waals surface area contributed by atoms with Gasteiger partial charge in [0.05, 0.1) is 37.1 Å². The van der Waals surface area contributed by atoms with Crippen molar-refractivity contribution in [3.8, 4) is 0 Å². The molecule has 2 saturated heterocycles. The second-order valence-electron chi connectivity index (χ2n) is 18.0. The molecule has 1 N–H and O–H groups in total. The molecule has 0 bridgehead atoms. The number of hydrogen-bond donors (Lipinski definition) is 1. The molecule has 12 atom stereocenters. The van der Waals surface area contributed by atoms with Crippen molar-refractivity contribution in [2.45, 2.75) is 162 Å². The minimum Gasteiger partial charge on any atom is -0.457 e. The standard InChI is InChI=1S/C38H61NO7/c1-8-9-31(41)39-18-19-43-32(21-39)46-30-14-15-38-22-37(38)17-16-36(7)25-10-12-27(33(35(5,6)42)44-23(2)40)45-28(25)20-26(36)24(37)11-13-29(38)34(30,3)4/h24-30,32-33,42H,8-22H2,1-7H3/t24?,25?,26?,27?,28?,29?,30-,32?,33-,36+,37-,38+/m0/s1. The van der Waals surface area contributed by atoms with Crippen molar-refractivity contribution in [3.63, 3.8) is 0 Å². The number of hydrogen-bond acceptors (Lipinski definition) is 7. The van der Waals surface area contributed by atoms with Crippen LogP contribution in [0, 0.1) is 45.3 Å². The largest absolute Gasteiger partial charge is 0.457 e. The average molecular weight is 644 g/mol. The van der Waals surface area contributed by atoms with Gasteiger partial charge < -0.3 is 29.0 Å². The third-order valence-electron chi connectivity index (χ3n) is 15.1. The van der Waals surface area contributed by atoms with Gasteiger partial charge in [-0.15, -0.1) is 0 Å². The van der Waals surface area contributed by atoms with Gasteiger partial charge in [-0.25, -0.2) is 0 Å². The summed E-state index contributed by atoms with van der Waals surface area (Å²) in [5.74, 6) is 2.48. The highest BCUT2D eigenvalue weighted by molar-refractivity contribution is 5.76. The molecule has 7 rings (SSSR count). The summed E-state index contributed by atoms with van der Waals surface area (Å²) in [6, 6.07) is 0. The van der Waals surface area contributed by atoms with Crippen LogP contribution in [0.25, 0.3) is 0 Å². The number of morpholine rings is 1. The molecule has 2 spiro atoms. The van der Waals surface area contributed by atoms with E-state index in [0.29, 0.717) is 60.1 Å². The van der Waals surface area contributed by atoms with Gasteiger partial charge in [-0.3, -0.25) is 9.59 Å². The molecule has 260 valence electrons. The highest BCUT2D eigenvalue weighted by atomic mass is 16.7. The number of amides is 1. The topological polar surface area (TPSA) is 94.5 Å². The van der Waals surface area contributed by atoms with Gasteiger partial charge in [0.2, 0.25) is 5.91 Å². The van der Waals surface area contributed by atoms with E-state index in [1.54, 1.807) is 13.8 Å². The minimum absolute atomic E-state index is 0.0648. The maximum absolute atomic E-state index is 12.6. The van der Waals surface area contributed by atoms with E-state index in [4.69, 9.17) is 18.9 Å². The van der Waals surface area contributed by atoms with Gasteiger partial charge >= 0.3 is 5.97 Å². The van der Waals surface area contributed by atoms with Crippen molar-refractivity contribution in [1.29, 1.82) is 0 Å². The van der Waals surface area contributed by atoms with Crippen molar-refractivity contribution in [2.24, 2.45) is 45.3 Å². The Hall–Kier alpha value is -1.22. The van der Waals surface area contributed by atoms with E-state index in [2.05, 4.69) is 27.7 Å². The fourth-order valence-electron chi connectivity index (χ4n) is 13.1. The first-order valence-corrected chi connectivity index (χ1v) is 18.8. The number of ether oxygens (including phenoxy) is 4. The molecule has 7 unspecified atom stereocenters. The minimum atomic E-state index is -1.15. The number of fused-ring (bicyclic) bond motifs is 4. The Balaban J connectivity index is 1.05. The maximum Gasteiger partial charge on any atom is 0.303 e. The summed E-state index contributed by atoms with van der Waals surface area (Å²) >= 11 is 0. The molecule has 8 heteroatoms. The lowest BCUT2D eigenvalue weighted by Crippen LogP contribution is -2.56. The number of rotatable bonds is 7. The van der Waals surface area contributed by atoms with Crippen LogP contribution >= 0.6 is 0 Å². The summed E-state index contributed by atoms with van der Waals surface area (Å²) in [6.07, 6.45) is 12.5. The van der Waals surface area contributed by atoms with Crippen LogP contribution in [0.15, 0.2) is 0 Å². The third kappa shape index (κ3) is 5.04. The second kappa shape index (κ2) is 11.4. The molecule has 0 aromatic carbocycles. The summed E-state index contributed by atoms with van der Waals surface area (Å²) < 4.78 is 25.4. The number of nitrogens with zero attached hydrogens (tertiary/aromatic N) is 1. The van der Waals surface area contributed by atoms with Gasteiger partial charge in [0, 0.05) is 19.9 Å². The quantitative estimate of drug-likeness (QED) is 0.327. The normalized spacial score (nSPS) is 46.6. The molecule has 5 aliphatic carbocycles. The van der Waals surface area contributed by atoms with Crippen LogP contribution in [-0.2, 0) is 28.5 Å². The Kier molecular flexibility index (Phi) is 8.26. The van der Waals surface area contributed by atoms with Crippen LogP contribution in [0.5, 0.6) is 0 Å². The summed E-state index contributed by atoms with van der Waals surface area (Å²) in [4.78, 5) is 26.5. The van der Waals surface area contributed by atoms with E-state index < -0.39 is 11.7 Å². The Morgan fingerprint density at radius 1 is 1.00 bits per heavy atom. The smallest absolute Gasteiger partial charge is 0.303 e. The monoisotopic (exact) mass is 643 g/mol. The molecular formula is C38H61NO7. The molecule has 2 heterocycles. The van der Waals surface area contributed by atoms with Crippen molar-refractivity contribution in [3.05, 3.63) is 0 Å². The lowest BCUT2D eigenvalue weighted by Gasteiger charge is -2.60. The Labute approximate surface area is 277 Å². The molecule has 0 aromatic rings. The van der Waals surface area contributed by atoms with Gasteiger partial charge in [0.25, 0.3) is 0 Å². The number of carbonyl (C=O) groups excluding carboxylic acids is 2. The first kappa shape index (κ1) is 33.3. The van der Waals surface area contributed by atoms with Gasteiger partial charge in [-0.1, -0.05) is 27.7 Å². The molecule has 8 nitrogen and oxygen atoms in total. The number of aliphatic hydroxyl groups is 1. The van der Waals surface area contributed by atoms with Crippen molar-refractivity contribution < 1.29 is 33.6 Å². The van der Waals surface area contributed by atoms with Crippen LogP contribution in [0.3, 0.4) is 0 Å². The molecular weight excluding hydrogens is 582 g/mol. The summed E-state index contributed by atoms with van der Waals surface area (Å²) in [6.45, 7) is 16.2. The average Bonchev–Trinajstić information content (AvgIpc) is 3.57. The SMILES string of the molecule is CCCC(=O)N1CCOC(O[C@H]2CC[C@]34C[C@]35CC[C@]3(C)C6CCC([C@H](OC(C)=O)C(C)(C)O)OC6CC3C5CCC4C2(C)C)C1. The fraction of sp³-hybridized carbons (Fsp3) is 0.947. The molecule has 7 fully saturated rings. The van der Waals surface area contributed by atoms with Crippen LogP contribution in [0.1, 0.15) is 126 Å². The molecule has 46 heavy (non-hydrogen) atoms. The zero-order valence-corrected chi connectivity index (χ0v) is 29.6. The van der Waals surface area contributed by atoms with E-state index in [9.17, 15) is 14.7 Å². The first-order chi connectivity index (χ1) is 21.7. The van der Waals surface area contributed by atoms with Crippen molar-refractivity contribution in [1.82, 2.24) is 4.90 Å². The molecule has 1 amide bonds. The molecule has 5 saturated carbocycles. The number of esters is 1. The van der Waals surface area contributed by atoms with Crippen molar-refractivity contribution in [2.75, 3.05) is 19.7 Å². The van der Waals surface area contributed by atoms with E-state index in [1.165, 1.54) is 45.4 Å². The van der Waals surface area contributed by atoms with Crippen LogP contribution in [0.4, 0.5) is 0 Å². The van der Waals surface area contributed by atoms with E-state index >= 15 is 0 Å². The molecule has 2 aliphatic heterocycles. The predicted molar refractivity (Wildman–Crippen MR) is 173 cm³/mol. The molecule has 0 radical (unpaired) electrons. The summed E-state index contributed by atoms with van der Waals surface area (Å²) in [5, 5.41) is 10.9. The van der Waals surface area contributed by atoms with Gasteiger partial charge in [0.15, 0.2) is 12.4 Å². The van der Waals surface area contributed by atoms with E-state index in [1.807, 2.05) is 4.90 Å². The van der Waals surface area contributed by atoms with Crippen LogP contribution in [0.2, 0.25) is 0 Å². The highest BCUT2D eigenvalue weighted by Crippen LogP contribution is 2.87. The second-order valence-corrected chi connectivity index (χ2v) is 18.0. The first-order valence-electron chi connectivity index (χ1n) is 18.8. The lowest BCUT2D eigenvalue weighted by atomic mass is 9.46. The van der Waals surface area contributed by atoms with Gasteiger partial charge in [-0.2, -0.15) is 0 Å². The van der Waals surface area contributed by atoms with Crippen LogP contribution < -0.4 is 0 Å².